The summed E-state index contributed by atoms with van der Waals surface area (Å²) in [6, 6.07) is 5.80. The minimum absolute atomic E-state index is 0.195. The van der Waals surface area contributed by atoms with E-state index in [-0.39, 0.29) is 5.88 Å². The number of hydrogen-bond acceptors (Lipinski definition) is 6. The van der Waals surface area contributed by atoms with Gasteiger partial charge in [0.25, 0.3) is 6.43 Å². The normalized spacial score (nSPS) is 15.5. The van der Waals surface area contributed by atoms with E-state index < -0.39 is 13.0 Å². The highest BCUT2D eigenvalue weighted by atomic mass is 19.3. The zero-order chi connectivity index (χ0) is 19.5. The third kappa shape index (κ3) is 4.19. The zero-order valence-electron chi connectivity index (χ0n) is 15.6. The Morgan fingerprint density at radius 3 is 2.64 bits per heavy atom. The third-order valence-electron chi connectivity index (χ3n) is 4.81. The van der Waals surface area contributed by atoms with Crippen molar-refractivity contribution in [2.24, 2.45) is 7.05 Å². The standard InChI is InChI=1S/C19H22F2N6O/c1-25-9-14(24-13-25)10-26-4-6-27(7-5-26)15-2-3-17-16(8-15)19(23-12-22-17)28-11-18(20)21/h2-3,8-9,12-13,18H,4-7,10-11H2,1H3. The van der Waals surface area contributed by atoms with Crippen LogP contribution in [-0.2, 0) is 13.6 Å². The number of rotatable bonds is 6. The number of nitrogens with zero attached hydrogens (tertiary/aromatic N) is 6. The SMILES string of the molecule is Cn1cnc(CN2CCN(c3ccc4ncnc(OCC(F)F)c4c3)CC2)c1. The molecule has 0 bridgehead atoms. The molecule has 1 aliphatic rings. The Morgan fingerprint density at radius 2 is 1.93 bits per heavy atom. The molecule has 0 saturated carbocycles. The topological polar surface area (TPSA) is 59.3 Å². The molecule has 3 heterocycles. The highest BCUT2D eigenvalue weighted by molar-refractivity contribution is 5.86. The van der Waals surface area contributed by atoms with Gasteiger partial charge in [0.2, 0.25) is 5.88 Å². The van der Waals surface area contributed by atoms with Crippen molar-refractivity contribution in [3.63, 3.8) is 0 Å². The molecule has 1 fully saturated rings. The van der Waals surface area contributed by atoms with Gasteiger partial charge in [0.05, 0.1) is 22.9 Å². The van der Waals surface area contributed by atoms with Crippen LogP contribution in [0.4, 0.5) is 14.5 Å². The number of hydrogen-bond donors (Lipinski definition) is 0. The van der Waals surface area contributed by atoms with E-state index in [2.05, 4.69) is 24.8 Å². The lowest BCUT2D eigenvalue weighted by Gasteiger charge is -2.35. The number of ether oxygens (including phenoxy) is 1. The van der Waals surface area contributed by atoms with Crippen LogP contribution in [0.2, 0.25) is 0 Å². The first kappa shape index (κ1) is 18.5. The summed E-state index contributed by atoms with van der Waals surface area (Å²) in [6.45, 7) is 3.76. The quantitative estimate of drug-likeness (QED) is 0.646. The van der Waals surface area contributed by atoms with E-state index in [1.807, 2.05) is 42.3 Å². The summed E-state index contributed by atoms with van der Waals surface area (Å²) < 4.78 is 32.1. The lowest BCUT2D eigenvalue weighted by molar-refractivity contribution is 0.0804. The largest absolute Gasteiger partial charge is 0.471 e. The predicted molar refractivity (Wildman–Crippen MR) is 102 cm³/mol. The smallest absolute Gasteiger partial charge is 0.272 e. The maximum atomic E-state index is 12.5. The van der Waals surface area contributed by atoms with Crippen molar-refractivity contribution in [3.05, 3.63) is 42.7 Å². The van der Waals surface area contributed by atoms with E-state index in [0.717, 1.165) is 44.1 Å². The molecule has 0 amide bonds. The van der Waals surface area contributed by atoms with E-state index in [4.69, 9.17) is 4.74 Å². The van der Waals surface area contributed by atoms with Gasteiger partial charge < -0.3 is 14.2 Å². The second kappa shape index (κ2) is 8.05. The maximum Gasteiger partial charge on any atom is 0.272 e. The molecule has 0 spiro atoms. The fourth-order valence-corrected chi connectivity index (χ4v) is 3.42. The Morgan fingerprint density at radius 1 is 1.11 bits per heavy atom. The Hall–Kier alpha value is -2.81. The molecular weight excluding hydrogens is 366 g/mol. The maximum absolute atomic E-state index is 12.5. The molecule has 4 rings (SSSR count). The van der Waals surface area contributed by atoms with Crippen molar-refractivity contribution in [3.8, 4) is 5.88 Å². The second-order valence-corrected chi connectivity index (χ2v) is 6.88. The monoisotopic (exact) mass is 388 g/mol. The minimum Gasteiger partial charge on any atom is -0.471 e. The number of piperazine rings is 1. The van der Waals surface area contributed by atoms with E-state index in [1.54, 1.807) is 0 Å². The van der Waals surface area contributed by atoms with Crippen LogP contribution in [0.25, 0.3) is 10.9 Å². The van der Waals surface area contributed by atoms with E-state index in [1.165, 1.54) is 6.33 Å². The minimum atomic E-state index is -2.54. The Labute approximate surface area is 161 Å². The average molecular weight is 388 g/mol. The molecule has 0 atom stereocenters. The number of alkyl halides is 2. The van der Waals surface area contributed by atoms with Gasteiger partial charge in [-0.25, -0.2) is 23.7 Å². The van der Waals surface area contributed by atoms with Gasteiger partial charge in [-0.15, -0.1) is 0 Å². The number of imidazole rings is 1. The van der Waals surface area contributed by atoms with Gasteiger partial charge in [-0.2, -0.15) is 0 Å². The van der Waals surface area contributed by atoms with Crippen LogP contribution >= 0.6 is 0 Å². The number of aryl methyl sites for hydroxylation is 1. The van der Waals surface area contributed by atoms with Gasteiger partial charge in [0.15, 0.2) is 6.61 Å². The van der Waals surface area contributed by atoms with Crippen LogP contribution in [0, 0.1) is 0 Å². The van der Waals surface area contributed by atoms with Gasteiger partial charge in [0.1, 0.15) is 6.33 Å². The summed E-state index contributed by atoms with van der Waals surface area (Å²) in [6.07, 6.45) is 2.65. The highest BCUT2D eigenvalue weighted by Crippen LogP contribution is 2.27. The highest BCUT2D eigenvalue weighted by Gasteiger charge is 2.19. The fourth-order valence-electron chi connectivity index (χ4n) is 3.42. The van der Waals surface area contributed by atoms with Crippen LogP contribution in [0.5, 0.6) is 5.88 Å². The second-order valence-electron chi connectivity index (χ2n) is 6.88. The van der Waals surface area contributed by atoms with Crippen molar-refractivity contribution in [2.45, 2.75) is 13.0 Å². The van der Waals surface area contributed by atoms with Crippen LogP contribution in [0.1, 0.15) is 5.69 Å². The molecule has 2 aromatic heterocycles. The summed E-state index contributed by atoms with van der Waals surface area (Å²) >= 11 is 0. The Kier molecular flexibility index (Phi) is 5.34. The molecule has 9 heteroatoms. The van der Waals surface area contributed by atoms with Gasteiger partial charge in [-0.05, 0) is 18.2 Å². The van der Waals surface area contributed by atoms with Crippen LogP contribution in [0.15, 0.2) is 37.1 Å². The summed E-state index contributed by atoms with van der Waals surface area (Å²) in [5.74, 6) is 0.195. The molecule has 0 unspecified atom stereocenters. The van der Waals surface area contributed by atoms with Crippen molar-refractivity contribution in [1.29, 1.82) is 0 Å². The first-order chi connectivity index (χ1) is 13.6. The first-order valence-corrected chi connectivity index (χ1v) is 9.18. The molecule has 3 aromatic rings. The zero-order valence-corrected chi connectivity index (χ0v) is 15.6. The number of fused-ring (bicyclic) bond motifs is 1. The average Bonchev–Trinajstić information content (AvgIpc) is 3.11. The number of benzene rings is 1. The van der Waals surface area contributed by atoms with Crippen LogP contribution < -0.4 is 9.64 Å². The molecule has 1 aromatic carbocycles. The summed E-state index contributed by atoms with van der Waals surface area (Å²) in [5.41, 5.74) is 2.76. The van der Waals surface area contributed by atoms with E-state index >= 15 is 0 Å². The molecular formula is C19H22F2N6O. The van der Waals surface area contributed by atoms with Crippen molar-refractivity contribution < 1.29 is 13.5 Å². The third-order valence-corrected chi connectivity index (χ3v) is 4.81. The summed E-state index contributed by atoms with van der Waals surface area (Å²) in [5, 5.41) is 0.650. The molecule has 0 aliphatic carbocycles. The lowest BCUT2D eigenvalue weighted by atomic mass is 10.2. The van der Waals surface area contributed by atoms with Crippen molar-refractivity contribution in [1.82, 2.24) is 24.4 Å². The first-order valence-electron chi connectivity index (χ1n) is 9.18. The summed E-state index contributed by atoms with van der Waals surface area (Å²) in [7, 11) is 1.97. The van der Waals surface area contributed by atoms with Crippen LogP contribution in [-0.4, -0.2) is 63.6 Å². The molecule has 1 aliphatic heterocycles. The van der Waals surface area contributed by atoms with Crippen LogP contribution in [0.3, 0.4) is 0 Å². The van der Waals surface area contributed by atoms with Crippen molar-refractivity contribution >= 4 is 16.6 Å². The number of aromatic nitrogens is 4. The van der Waals surface area contributed by atoms with Gasteiger partial charge in [-0.3, -0.25) is 4.90 Å². The summed E-state index contributed by atoms with van der Waals surface area (Å²) in [4.78, 5) is 17.3. The van der Waals surface area contributed by atoms with E-state index in [9.17, 15) is 8.78 Å². The van der Waals surface area contributed by atoms with Gasteiger partial charge in [0, 0.05) is 51.7 Å². The Bertz CT molecular complexity index is 939. The Balaban J connectivity index is 1.45. The fraction of sp³-hybridized carbons (Fsp3) is 0.421. The molecule has 148 valence electrons. The van der Waals surface area contributed by atoms with Gasteiger partial charge in [-0.1, -0.05) is 0 Å². The predicted octanol–water partition coefficient (Wildman–Crippen LogP) is 2.33. The van der Waals surface area contributed by atoms with E-state index in [0.29, 0.717) is 10.9 Å². The van der Waals surface area contributed by atoms with Crippen molar-refractivity contribution in [2.75, 3.05) is 37.7 Å². The molecule has 1 saturated heterocycles. The van der Waals surface area contributed by atoms with Gasteiger partial charge >= 0.3 is 0 Å². The molecule has 0 N–H and O–H groups in total. The molecule has 28 heavy (non-hydrogen) atoms. The number of anilines is 1. The number of halogens is 2. The molecule has 0 radical (unpaired) electrons. The molecule has 7 nitrogen and oxygen atoms in total. The lowest BCUT2D eigenvalue weighted by Crippen LogP contribution is -2.46.